The Labute approximate surface area is 225 Å². The summed E-state index contributed by atoms with van der Waals surface area (Å²) in [6, 6.07) is 8.44. The molecule has 3 saturated heterocycles. The number of carbonyl (C=O) groups is 3. The van der Waals surface area contributed by atoms with Crippen LogP contribution < -0.4 is 4.90 Å². The van der Waals surface area contributed by atoms with Crippen LogP contribution in [0.2, 0.25) is 0 Å². The molecule has 3 fully saturated rings. The van der Waals surface area contributed by atoms with Crippen molar-refractivity contribution in [3.63, 3.8) is 0 Å². The van der Waals surface area contributed by atoms with E-state index in [2.05, 4.69) is 20.1 Å². The van der Waals surface area contributed by atoms with Gasteiger partial charge >= 0.3 is 0 Å². The molecule has 1 spiro atoms. The number of unbranched alkanes of at least 4 members (excludes halogenated alkanes) is 2. The molecule has 38 heavy (non-hydrogen) atoms. The lowest BCUT2D eigenvalue weighted by Gasteiger charge is -2.37. The third-order valence-corrected chi connectivity index (χ3v) is 8.46. The average Bonchev–Trinajstić information content (AvgIpc) is 3.48. The van der Waals surface area contributed by atoms with Crippen molar-refractivity contribution in [2.75, 3.05) is 37.7 Å². The summed E-state index contributed by atoms with van der Waals surface area (Å²) in [7, 11) is 0. The summed E-state index contributed by atoms with van der Waals surface area (Å²) in [6.07, 6.45) is 7.29. The van der Waals surface area contributed by atoms with Crippen LogP contribution >= 0.6 is 0 Å². The van der Waals surface area contributed by atoms with E-state index in [-0.39, 0.29) is 37.4 Å². The molecular formula is C30H41N3O5. The Hall–Kier alpha value is -2.97. The van der Waals surface area contributed by atoms with Crippen LogP contribution in [0.5, 0.6) is 0 Å². The first kappa shape index (κ1) is 28.0. The number of amides is 3. The van der Waals surface area contributed by atoms with E-state index < -0.39 is 29.1 Å². The van der Waals surface area contributed by atoms with Crippen molar-refractivity contribution in [3.8, 4) is 0 Å². The van der Waals surface area contributed by atoms with Gasteiger partial charge in [0, 0.05) is 31.9 Å². The molecule has 8 nitrogen and oxygen atoms in total. The van der Waals surface area contributed by atoms with Gasteiger partial charge in [0.2, 0.25) is 17.7 Å². The number of β-amino-alcohol motifs (C(OH)–C–C–N with tert-alkyl or cyclic N) is 1. The van der Waals surface area contributed by atoms with Gasteiger partial charge in [-0.3, -0.25) is 14.4 Å². The van der Waals surface area contributed by atoms with Crippen molar-refractivity contribution in [2.45, 2.75) is 63.2 Å². The van der Waals surface area contributed by atoms with Gasteiger partial charge in [-0.15, -0.1) is 13.2 Å². The van der Waals surface area contributed by atoms with Crippen molar-refractivity contribution in [1.29, 1.82) is 0 Å². The largest absolute Gasteiger partial charge is 0.395 e. The van der Waals surface area contributed by atoms with Crippen LogP contribution in [0.3, 0.4) is 0 Å². The number of hydrogen-bond donors (Lipinski definition) is 1. The van der Waals surface area contributed by atoms with Crippen LogP contribution in [0.1, 0.15) is 46.0 Å². The minimum atomic E-state index is -1.11. The highest BCUT2D eigenvalue weighted by atomic mass is 16.5. The van der Waals surface area contributed by atoms with Crippen LogP contribution in [0, 0.1) is 11.8 Å². The fourth-order valence-electron chi connectivity index (χ4n) is 6.83. The van der Waals surface area contributed by atoms with Gasteiger partial charge in [-0.05, 0) is 38.3 Å². The summed E-state index contributed by atoms with van der Waals surface area (Å²) >= 11 is 0. The second-order valence-corrected chi connectivity index (χ2v) is 10.8. The zero-order valence-electron chi connectivity index (χ0n) is 22.7. The summed E-state index contributed by atoms with van der Waals surface area (Å²) in [4.78, 5) is 47.3. The summed E-state index contributed by atoms with van der Waals surface area (Å²) in [5.41, 5.74) is -1.27. The number of ether oxygens (including phenoxy) is 1. The highest BCUT2D eigenvalue weighted by Crippen LogP contribution is 2.63. The molecule has 0 aromatic heterocycles. The molecule has 3 amide bonds. The second kappa shape index (κ2) is 11.4. The molecule has 1 aromatic carbocycles. The van der Waals surface area contributed by atoms with Crippen LogP contribution in [0.4, 0.5) is 5.69 Å². The number of aliphatic hydroxyl groups is 1. The summed E-state index contributed by atoms with van der Waals surface area (Å²) in [5.74, 6) is -2.25. The molecule has 2 unspecified atom stereocenters. The first-order valence-corrected chi connectivity index (χ1v) is 13.8. The van der Waals surface area contributed by atoms with Crippen LogP contribution in [0.15, 0.2) is 55.6 Å². The Balaban J connectivity index is 1.74. The second-order valence-electron chi connectivity index (χ2n) is 10.8. The Kier molecular flexibility index (Phi) is 8.43. The van der Waals surface area contributed by atoms with E-state index in [1.54, 1.807) is 22.0 Å². The number of anilines is 1. The molecule has 3 aliphatic heterocycles. The molecule has 206 valence electrons. The zero-order valence-corrected chi connectivity index (χ0v) is 22.7. The molecule has 4 rings (SSSR count). The van der Waals surface area contributed by atoms with E-state index in [1.807, 2.05) is 37.3 Å². The minimum Gasteiger partial charge on any atom is -0.395 e. The number of aliphatic hydroxyl groups excluding tert-OH is 1. The number of benzene rings is 1. The monoisotopic (exact) mass is 523 g/mol. The number of likely N-dealkylation sites (tertiary alicyclic amines) is 1. The molecule has 0 radical (unpaired) electrons. The third-order valence-electron chi connectivity index (χ3n) is 8.46. The zero-order chi connectivity index (χ0) is 27.5. The number of carbonyl (C=O) groups excluding carboxylic acids is 3. The third kappa shape index (κ3) is 4.58. The summed E-state index contributed by atoms with van der Waals surface area (Å²) in [6.45, 7) is 12.6. The first-order valence-electron chi connectivity index (χ1n) is 13.8. The SMILES string of the molecule is C=CCN(CCCCC)C(=O)C1N(CCO)C(=O)[C@@H]2[C@@H](C(=O)N(CC=C)c3ccccc3)[C@@]3(C)CCC12O3. The number of nitrogens with zero attached hydrogens (tertiary/aromatic N) is 3. The van der Waals surface area contributed by atoms with Crippen molar-refractivity contribution >= 4 is 23.4 Å². The van der Waals surface area contributed by atoms with Crippen molar-refractivity contribution in [3.05, 3.63) is 55.6 Å². The fraction of sp³-hybridized carbons (Fsp3) is 0.567. The number of fused-ring (bicyclic) bond motifs is 1. The van der Waals surface area contributed by atoms with E-state index in [1.165, 1.54) is 4.90 Å². The molecule has 5 atom stereocenters. The Bertz CT molecular complexity index is 1060. The Morgan fingerprint density at radius 2 is 1.84 bits per heavy atom. The lowest BCUT2D eigenvalue weighted by molar-refractivity contribution is -0.151. The van der Waals surface area contributed by atoms with Crippen LogP contribution in [0.25, 0.3) is 0 Å². The molecular weight excluding hydrogens is 482 g/mol. The predicted molar refractivity (Wildman–Crippen MR) is 146 cm³/mol. The molecule has 8 heteroatoms. The van der Waals surface area contributed by atoms with E-state index in [4.69, 9.17) is 4.74 Å². The molecule has 3 heterocycles. The number of hydrogen-bond acceptors (Lipinski definition) is 5. The maximum absolute atomic E-state index is 14.2. The Morgan fingerprint density at radius 3 is 2.47 bits per heavy atom. The van der Waals surface area contributed by atoms with Crippen molar-refractivity contribution in [1.82, 2.24) is 9.80 Å². The fourth-order valence-corrected chi connectivity index (χ4v) is 6.83. The van der Waals surface area contributed by atoms with Gasteiger partial charge < -0.3 is 24.5 Å². The lowest BCUT2D eigenvalue weighted by atomic mass is 9.66. The quantitative estimate of drug-likeness (QED) is 0.317. The lowest BCUT2D eigenvalue weighted by Crippen LogP contribution is -2.56. The average molecular weight is 524 g/mol. The highest BCUT2D eigenvalue weighted by molar-refractivity contribution is 6.03. The van der Waals surface area contributed by atoms with Gasteiger partial charge in [0.15, 0.2) is 0 Å². The topological polar surface area (TPSA) is 90.4 Å². The normalized spacial score (nSPS) is 29.3. The van der Waals surface area contributed by atoms with Gasteiger partial charge in [0.25, 0.3) is 0 Å². The molecule has 1 N–H and O–H groups in total. The van der Waals surface area contributed by atoms with E-state index in [9.17, 15) is 19.5 Å². The van der Waals surface area contributed by atoms with Crippen molar-refractivity contribution in [2.24, 2.45) is 11.8 Å². The van der Waals surface area contributed by atoms with Gasteiger partial charge in [-0.25, -0.2) is 0 Å². The summed E-state index contributed by atoms with van der Waals surface area (Å²) in [5, 5.41) is 9.86. The molecule has 3 aliphatic rings. The van der Waals surface area contributed by atoms with E-state index in [0.717, 1.165) is 24.9 Å². The molecule has 0 saturated carbocycles. The van der Waals surface area contributed by atoms with E-state index in [0.29, 0.717) is 25.9 Å². The predicted octanol–water partition coefficient (Wildman–Crippen LogP) is 3.17. The van der Waals surface area contributed by atoms with Gasteiger partial charge in [-0.2, -0.15) is 0 Å². The number of rotatable bonds is 13. The molecule has 2 bridgehead atoms. The van der Waals surface area contributed by atoms with Crippen LogP contribution in [-0.2, 0) is 19.1 Å². The van der Waals surface area contributed by atoms with Gasteiger partial charge in [0.1, 0.15) is 11.6 Å². The van der Waals surface area contributed by atoms with Gasteiger partial charge in [-0.1, -0.05) is 50.1 Å². The maximum atomic E-state index is 14.2. The van der Waals surface area contributed by atoms with Crippen molar-refractivity contribution < 1.29 is 24.2 Å². The molecule has 0 aliphatic carbocycles. The summed E-state index contributed by atoms with van der Waals surface area (Å²) < 4.78 is 6.71. The van der Waals surface area contributed by atoms with Gasteiger partial charge in [0.05, 0.1) is 24.0 Å². The number of para-hydroxylation sites is 1. The Morgan fingerprint density at radius 1 is 1.13 bits per heavy atom. The minimum absolute atomic E-state index is 0.0143. The first-order chi connectivity index (χ1) is 18.3. The van der Waals surface area contributed by atoms with Crippen LogP contribution in [-0.4, -0.2) is 82.7 Å². The maximum Gasteiger partial charge on any atom is 0.248 e. The smallest absolute Gasteiger partial charge is 0.248 e. The van der Waals surface area contributed by atoms with E-state index >= 15 is 0 Å². The standard InChI is InChI=1S/C30H41N3O5/c1-5-8-12-19-31(17-6-2)28(37)25-30-16-15-29(4,38-30)23(24(30)27(36)33(25)20-21-34)26(35)32(18-7-3)22-13-10-9-11-14-22/h6-7,9-11,13-14,23-25,34H,2-3,5,8,12,15-21H2,1,4H3/t23-,24-,25?,29+,30?/m0/s1. The molecule has 1 aromatic rings. The highest BCUT2D eigenvalue weighted by Gasteiger charge is 2.78.